The Bertz CT molecular complexity index is 896. The SMILES string of the molecule is C[C@@H]1Oc2ccc(N[C@H](C)C(=O)N3CCCc4ccccc43)cc2NC1=O. The molecule has 0 unspecified atom stereocenters. The highest BCUT2D eigenvalue weighted by Gasteiger charge is 2.27. The molecule has 0 aliphatic carbocycles. The Morgan fingerprint density at radius 3 is 2.96 bits per heavy atom. The highest BCUT2D eigenvalue weighted by Crippen LogP contribution is 2.33. The maximum atomic E-state index is 13.0. The lowest BCUT2D eigenvalue weighted by Crippen LogP contribution is -2.44. The van der Waals surface area contributed by atoms with Gasteiger partial charge in [-0.05, 0) is 56.5 Å². The van der Waals surface area contributed by atoms with Gasteiger partial charge in [0.05, 0.1) is 5.69 Å². The van der Waals surface area contributed by atoms with E-state index < -0.39 is 12.1 Å². The Kier molecular flexibility index (Phi) is 4.48. The van der Waals surface area contributed by atoms with Gasteiger partial charge in [0.1, 0.15) is 11.8 Å². The minimum absolute atomic E-state index is 0.0359. The van der Waals surface area contributed by atoms with Crippen LogP contribution in [0.2, 0.25) is 0 Å². The first-order valence-corrected chi connectivity index (χ1v) is 9.30. The van der Waals surface area contributed by atoms with Crippen molar-refractivity contribution >= 4 is 28.9 Å². The Labute approximate surface area is 158 Å². The molecule has 6 nitrogen and oxygen atoms in total. The fourth-order valence-electron chi connectivity index (χ4n) is 3.61. The number of amides is 2. The molecule has 2 atom stereocenters. The fourth-order valence-corrected chi connectivity index (χ4v) is 3.61. The molecule has 2 heterocycles. The highest BCUT2D eigenvalue weighted by molar-refractivity contribution is 6.00. The van der Waals surface area contributed by atoms with E-state index in [2.05, 4.69) is 16.7 Å². The van der Waals surface area contributed by atoms with Gasteiger partial charge in [-0.2, -0.15) is 0 Å². The Balaban J connectivity index is 1.50. The van der Waals surface area contributed by atoms with Crippen LogP contribution in [0.25, 0.3) is 0 Å². The average molecular weight is 365 g/mol. The van der Waals surface area contributed by atoms with Crippen LogP contribution in [0.1, 0.15) is 25.8 Å². The molecule has 0 saturated heterocycles. The zero-order valence-electron chi connectivity index (χ0n) is 15.5. The number of para-hydroxylation sites is 1. The van der Waals surface area contributed by atoms with Crippen molar-refractivity contribution in [2.45, 2.75) is 38.8 Å². The van der Waals surface area contributed by atoms with Crippen molar-refractivity contribution in [3.05, 3.63) is 48.0 Å². The number of carbonyl (C=O) groups excluding carboxylic acids is 2. The van der Waals surface area contributed by atoms with Crippen molar-refractivity contribution in [3.63, 3.8) is 0 Å². The van der Waals surface area contributed by atoms with Gasteiger partial charge in [-0.25, -0.2) is 0 Å². The molecule has 6 heteroatoms. The van der Waals surface area contributed by atoms with Crippen molar-refractivity contribution in [3.8, 4) is 5.75 Å². The van der Waals surface area contributed by atoms with Crippen LogP contribution in [0, 0.1) is 0 Å². The van der Waals surface area contributed by atoms with Crippen LogP contribution in [0.5, 0.6) is 5.75 Å². The van der Waals surface area contributed by atoms with Crippen LogP contribution in [0.3, 0.4) is 0 Å². The first-order valence-electron chi connectivity index (χ1n) is 9.30. The van der Waals surface area contributed by atoms with Crippen molar-refractivity contribution in [2.24, 2.45) is 0 Å². The number of rotatable bonds is 3. The van der Waals surface area contributed by atoms with E-state index in [0.717, 1.165) is 30.8 Å². The van der Waals surface area contributed by atoms with Gasteiger partial charge in [-0.3, -0.25) is 9.59 Å². The molecule has 0 spiro atoms. The van der Waals surface area contributed by atoms with Gasteiger partial charge in [-0.15, -0.1) is 0 Å². The number of hydrogen-bond donors (Lipinski definition) is 2. The Hall–Kier alpha value is -3.02. The number of fused-ring (bicyclic) bond motifs is 2. The summed E-state index contributed by atoms with van der Waals surface area (Å²) in [6.45, 7) is 4.30. The van der Waals surface area contributed by atoms with Gasteiger partial charge in [-0.1, -0.05) is 18.2 Å². The molecule has 27 heavy (non-hydrogen) atoms. The van der Waals surface area contributed by atoms with Crippen LogP contribution >= 0.6 is 0 Å². The van der Waals surface area contributed by atoms with Gasteiger partial charge in [0.25, 0.3) is 5.91 Å². The number of carbonyl (C=O) groups is 2. The molecule has 0 fully saturated rings. The molecule has 2 aromatic carbocycles. The highest BCUT2D eigenvalue weighted by atomic mass is 16.5. The molecule has 140 valence electrons. The molecule has 4 rings (SSSR count). The predicted octanol–water partition coefficient (Wildman–Crippen LogP) is 3.19. The molecule has 0 saturated carbocycles. The van der Waals surface area contributed by atoms with E-state index >= 15 is 0 Å². The molecule has 0 radical (unpaired) electrons. The van der Waals surface area contributed by atoms with E-state index in [-0.39, 0.29) is 11.8 Å². The van der Waals surface area contributed by atoms with Crippen molar-refractivity contribution in [1.29, 1.82) is 0 Å². The second-order valence-corrected chi connectivity index (χ2v) is 7.05. The van der Waals surface area contributed by atoms with Crippen LogP contribution < -0.4 is 20.3 Å². The summed E-state index contributed by atoms with van der Waals surface area (Å²) >= 11 is 0. The summed E-state index contributed by atoms with van der Waals surface area (Å²) in [4.78, 5) is 26.7. The summed E-state index contributed by atoms with van der Waals surface area (Å²) < 4.78 is 5.57. The van der Waals surface area contributed by atoms with Crippen molar-refractivity contribution in [2.75, 3.05) is 22.1 Å². The van der Waals surface area contributed by atoms with E-state index in [1.807, 2.05) is 36.1 Å². The zero-order chi connectivity index (χ0) is 19.0. The molecule has 2 aliphatic rings. The van der Waals surface area contributed by atoms with Gasteiger partial charge < -0.3 is 20.3 Å². The smallest absolute Gasteiger partial charge is 0.265 e. The standard InChI is InChI=1S/C21H23N3O3/c1-13(21(26)24-11-5-7-15-6-3-4-8-18(15)24)22-16-9-10-19-17(12-16)23-20(25)14(2)27-19/h3-4,6,8-10,12-14,22H,5,7,11H2,1-2H3,(H,23,25)/t13-,14+/m1/s1. The van der Waals surface area contributed by atoms with Crippen LogP contribution in [-0.4, -0.2) is 30.5 Å². The normalized spacial score (nSPS) is 19.3. The molecule has 0 bridgehead atoms. The topological polar surface area (TPSA) is 70.7 Å². The van der Waals surface area contributed by atoms with Gasteiger partial charge >= 0.3 is 0 Å². The monoisotopic (exact) mass is 365 g/mol. The summed E-state index contributed by atoms with van der Waals surface area (Å²) in [5.74, 6) is 0.499. The van der Waals surface area contributed by atoms with Crippen molar-refractivity contribution in [1.82, 2.24) is 0 Å². The molecule has 2 N–H and O–H groups in total. The largest absolute Gasteiger partial charge is 0.479 e. The third-order valence-corrected chi connectivity index (χ3v) is 5.04. The second kappa shape index (κ2) is 6.95. The molecular formula is C21H23N3O3. The third-order valence-electron chi connectivity index (χ3n) is 5.04. The third kappa shape index (κ3) is 3.35. The number of anilines is 3. The van der Waals surface area contributed by atoms with Gasteiger partial charge in [0.15, 0.2) is 6.10 Å². The summed E-state index contributed by atoms with van der Waals surface area (Å²) in [5.41, 5.74) is 3.60. The average Bonchev–Trinajstić information content (AvgIpc) is 2.68. The van der Waals surface area contributed by atoms with Gasteiger partial charge in [0.2, 0.25) is 5.91 Å². The summed E-state index contributed by atoms with van der Waals surface area (Å²) in [6, 6.07) is 13.1. The first-order chi connectivity index (χ1) is 13.0. The maximum Gasteiger partial charge on any atom is 0.265 e. The molecule has 2 aliphatic heterocycles. The second-order valence-electron chi connectivity index (χ2n) is 7.05. The van der Waals surface area contributed by atoms with E-state index in [9.17, 15) is 9.59 Å². The minimum atomic E-state index is -0.504. The number of hydrogen-bond acceptors (Lipinski definition) is 4. The summed E-state index contributed by atoms with van der Waals surface area (Å²) in [5, 5.41) is 6.08. The Morgan fingerprint density at radius 1 is 1.30 bits per heavy atom. The van der Waals surface area contributed by atoms with Crippen LogP contribution in [0.4, 0.5) is 17.1 Å². The van der Waals surface area contributed by atoms with E-state index in [1.165, 1.54) is 5.56 Å². The number of benzene rings is 2. The maximum absolute atomic E-state index is 13.0. The summed E-state index contributed by atoms with van der Waals surface area (Å²) in [7, 11) is 0. The number of nitrogens with zero attached hydrogens (tertiary/aromatic N) is 1. The number of aryl methyl sites for hydroxylation is 1. The minimum Gasteiger partial charge on any atom is -0.479 e. The number of nitrogens with one attached hydrogen (secondary N) is 2. The van der Waals surface area contributed by atoms with Crippen LogP contribution in [0.15, 0.2) is 42.5 Å². The fraction of sp³-hybridized carbons (Fsp3) is 0.333. The van der Waals surface area contributed by atoms with Crippen LogP contribution in [-0.2, 0) is 16.0 Å². The summed E-state index contributed by atoms with van der Waals surface area (Å²) in [6.07, 6.45) is 1.47. The Morgan fingerprint density at radius 2 is 2.11 bits per heavy atom. The van der Waals surface area contributed by atoms with E-state index in [4.69, 9.17) is 4.74 Å². The zero-order valence-corrected chi connectivity index (χ0v) is 15.5. The van der Waals surface area contributed by atoms with Gasteiger partial charge in [0, 0.05) is 17.9 Å². The first kappa shape index (κ1) is 17.4. The predicted molar refractivity (Wildman–Crippen MR) is 105 cm³/mol. The van der Waals surface area contributed by atoms with E-state index in [0.29, 0.717) is 11.4 Å². The quantitative estimate of drug-likeness (QED) is 0.876. The molecule has 2 amide bonds. The lowest BCUT2D eigenvalue weighted by atomic mass is 10.0. The molecule has 2 aromatic rings. The lowest BCUT2D eigenvalue weighted by molar-refractivity contribution is -0.122. The van der Waals surface area contributed by atoms with Crippen molar-refractivity contribution < 1.29 is 14.3 Å². The lowest BCUT2D eigenvalue weighted by Gasteiger charge is -2.32. The van der Waals surface area contributed by atoms with E-state index in [1.54, 1.807) is 19.1 Å². The number of ether oxygens (including phenoxy) is 1. The molecule has 0 aromatic heterocycles. The molecular weight excluding hydrogens is 342 g/mol.